The molecule has 2 rings (SSSR count). The zero-order valence-corrected chi connectivity index (χ0v) is 12.2. The van der Waals surface area contributed by atoms with Gasteiger partial charge in [-0.2, -0.15) is 0 Å². The molecule has 0 bridgehead atoms. The largest absolute Gasteiger partial charge is 0.383 e. The summed E-state index contributed by atoms with van der Waals surface area (Å²) in [5, 5.41) is 0. The van der Waals surface area contributed by atoms with Crippen LogP contribution in [-0.4, -0.2) is 9.55 Å². The Kier molecular flexibility index (Phi) is 3.93. The fourth-order valence-corrected chi connectivity index (χ4v) is 2.27. The van der Waals surface area contributed by atoms with Crippen molar-refractivity contribution in [3.8, 4) is 11.3 Å². The van der Waals surface area contributed by atoms with Crippen LogP contribution in [0.1, 0.15) is 39.3 Å². The molecule has 0 saturated heterocycles. The maximum Gasteiger partial charge on any atom is 0.131 e. The number of imidazole rings is 1. The second-order valence-corrected chi connectivity index (χ2v) is 5.77. The summed E-state index contributed by atoms with van der Waals surface area (Å²) in [6, 6.07) is 8.90. The Morgan fingerprint density at radius 1 is 1.11 bits per heavy atom. The molecule has 2 N–H and O–H groups in total. The molecular weight excluding hydrogens is 234 g/mol. The van der Waals surface area contributed by atoms with Gasteiger partial charge in [-0.15, -0.1) is 0 Å². The molecule has 19 heavy (non-hydrogen) atoms. The van der Waals surface area contributed by atoms with Gasteiger partial charge < -0.3 is 10.3 Å². The van der Waals surface area contributed by atoms with Gasteiger partial charge in [-0.3, -0.25) is 0 Å². The van der Waals surface area contributed by atoms with E-state index in [1.54, 1.807) is 0 Å². The van der Waals surface area contributed by atoms with E-state index >= 15 is 0 Å². The number of hydrogen-bond donors (Lipinski definition) is 1. The van der Waals surface area contributed by atoms with Crippen molar-refractivity contribution in [3.05, 3.63) is 36.2 Å². The molecule has 0 radical (unpaired) electrons. The van der Waals surface area contributed by atoms with Gasteiger partial charge in [0.1, 0.15) is 11.5 Å². The van der Waals surface area contributed by atoms with Crippen molar-refractivity contribution in [2.24, 2.45) is 5.92 Å². The van der Waals surface area contributed by atoms with Gasteiger partial charge >= 0.3 is 0 Å². The van der Waals surface area contributed by atoms with Crippen LogP contribution in [0.2, 0.25) is 0 Å². The Morgan fingerprint density at radius 2 is 1.74 bits per heavy atom. The molecule has 0 fully saturated rings. The Labute approximate surface area is 115 Å². The van der Waals surface area contributed by atoms with E-state index in [-0.39, 0.29) is 0 Å². The maximum atomic E-state index is 6.16. The van der Waals surface area contributed by atoms with Crippen LogP contribution in [0, 0.1) is 5.92 Å². The second kappa shape index (κ2) is 5.47. The molecule has 0 aliphatic rings. The van der Waals surface area contributed by atoms with Crippen molar-refractivity contribution < 1.29 is 0 Å². The van der Waals surface area contributed by atoms with Gasteiger partial charge in [0.15, 0.2) is 0 Å². The number of anilines is 1. The van der Waals surface area contributed by atoms with Crippen LogP contribution in [0.15, 0.2) is 30.6 Å². The van der Waals surface area contributed by atoms with Crippen LogP contribution < -0.4 is 5.73 Å². The minimum absolute atomic E-state index is 0.335. The minimum atomic E-state index is 0.335. The molecule has 0 spiro atoms. The van der Waals surface area contributed by atoms with Crippen molar-refractivity contribution in [1.29, 1.82) is 0 Å². The highest BCUT2D eigenvalue weighted by Gasteiger charge is 2.11. The van der Waals surface area contributed by atoms with Crippen molar-refractivity contribution in [3.63, 3.8) is 0 Å². The summed E-state index contributed by atoms with van der Waals surface area (Å²) in [7, 11) is 0. The van der Waals surface area contributed by atoms with E-state index in [2.05, 4.69) is 56.9 Å². The number of rotatable bonds is 4. The number of nitrogen functional groups attached to an aromatic ring is 1. The molecule has 0 aliphatic heterocycles. The summed E-state index contributed by atoms with van der Waals surface area (Å²) < 4.78 is 2.00. The average Bonchev–Trinajstić information content (AvgIpc) is 2.71. The van der Waals surface area contributed by atoms with Gasteiger partial charge in [0.05, 0.1) is 6.33 Å². The summed E-state index contributed by atoms with van der Waals surface area (Å²) in [6.07, 6.45) is 2.92. The predicted molar refractivity (Wildman–Crippen MR) is 81.0 cm³/mol. The number of nitrogens with zero attached hydrogens (tertiary/aromatic N) is 2. The topological polar surface area (TPSA) is 43.8 Å². The fraction of sp³-hybridized carbons (Fsp3) is 0.438. The molecule has 0 aliphatic carbocycles. The first-order valence-electron chi connectivity index (χ1n) is 6.90. The van der Waals surface area contributed by atoms with E-state index in [9.17, 15) is 0 Å². The van der Waals surface area contributed by atoms with Crippen molar-refractivity contribution in [2.75, 3.05) is 5.73 Å². The SMILES string of the molecule is CC(C)Cc1ccc(-c2ncn(C(C)C)c2N)cc1. The Balaban J connectivity index is 2.27. The Bertz CT molecular complexity index is 536. The molecule has 3 nitrogen and oxygen atoms in total. The van der Waals surface area contributed by atoms with E-state index in [1.807, 2.05) is 10.9 Å². The van der Waals surface area contributed by atoms with Crippen molar-refractivity contribution >= 4 is 5.82 Å². The molecule has 1 heterocycles. The Hall–Kier alpha value is -1.77. The van der Waals surface area contributed by atoms with E-state index in [4.69, 9.17) is 5.73 Å². The third-order valence-corrected chi connectivity index (χ3v) is 3.26. The number of benzene rings is 1. The summed E-state index contributed by atoms with van der Waals surface area (Å²) in [5.74, 6) is 1.42. The molecule has 102 valence electrons. The predicted octanol–water partition coefficient (Wildman–Crippen LogP) is 3.91. The highest BCUT2D eigenvalue weighted by Crippen LogP contribution is 2.27. The first-order chi connectivity index (χ1) is 8.99. The fourth-order valence-electron chi connectivity index (χ4n) is 2.27. The number of nitrogens with two attached hydrogens (primary N) is 1. The standard InChI is InChI=1S/C16H23N3/c1-11(2)9-13-5-7-14(8-6-13)15-16(17)19(10-18-15)12(3)4/h5-8,10-12H,9,17H2,1-4H3. The highest BCUT2D eigenvalue weighted by atomic mass is 15.1. The van der Waals surface area contributed by atoms with Crippen LogP contribution in [0.25, 0.3) is 11.3 Å². The molecule has 1 aromatic heterocycles. The third kappa shape index (κ3) is 2.98. The van der Waals surface area contributed by atoms with Crippen LogP contribution in [0.5, 0.6) is 0 Å². The maximum absolute atomic E-state index is 6.16. The lowest BCUT2D eigenvalue weighted by atomic mass is 10.0. The Morgan fingerprint density at radius 3 is 2.21 bits per heavy atom. The quantitative estimate of drug-likeness (QED) is 0.902. The molecule has 1 aromatic carbocycles. The summed E-state index contributed by atoms with van der Waals surface area (Å²) >= 11 is 0. The van der Waals surface area contributed by atoms with Gasteiger partial charge in [-0.1, -0.05) is 38.1 Å². The lowest BCUT2D eigenvalue weighted by Crippen LogP contribution is -2.04. The zero-order chi connectivity index (χ0) is 14.0. The summed E-state index contributed by atoms with van der Waals surface area (Å²) in [6.45, 7) is 8.67. The molecule has 3 heteroatoms. The van der Waals surface area contributed by atoms with Crippen molar-refractivity contribution in [2.45, 2.75) is 40.2 Å². The van der Waals surface area contributed by atoms with Crippen LogP contribution in [0.4, 0.5) is 5.82 Å². The first kappa shape index (κ1) is 13.7. The van der Waals surface area contributed by atoms with E-state index in [0.29, 0.717) is 12.0 Å². The molecule has 2 aromatic rings. The molecule has 0 atom stereocenters. The molecule has 0 saturated carbocycles. The first-order valence-corrected chi connectivity index (χ1v) is 6.90. The smallest absolute Gasteiger partial charge is 0.131 e. The number of hydrogen-bond acceptors (Lipinski definition) is 2. The van der Waals surface area contributed by atoms with Crippen LogP contribution in [-0.2, 0) is 6.42 Å². The monoisotopic (exact) mass is 257 g/mol. The van der Waals surface area contributed by atoms with E-state index in [0.717, 1.165) is 23.5 Å². The van der Waals surface area contributed by atoms with Crippen LogP contribution >= 0.6 is 0 Å². The van der Waals surface area contributed by atoms with Gasteiger partial charge in [0.2, 0.25) is 0 Å². The lowest BCUT2D eigenvalue weighted by molar-refractivity contribution is 0.607. The highest BCUT2D eigenvalue weighted by molar-refractivity contribution is 5.70. The average molecular weight is 257 g/mol. The summed E-state index contributed by atoms with van der Waals surface area (Å²) in [4.78, 5) is 4.44. The normalized spacial score (nSPS) is 11.5. The van der Waals surface area contributed by atoms with Gasteiger partial charge in [0, 0.05) is 11.6 Å². The summed E-state index contributed by atoms with van der Waals surface area (Å²) in [5.41, 5.74) is 9.48. The second-order valence-electron chi connectivity index (χ2n) is 5.77. The van der Waals surface area contributed by atoms with Gasteiger partial charge in [-0.25, -0.2) is 4.98 Å². The van der Waals surface area contributed by atoms with Gasteiger partial charge in [-0.05, 0) is 31.7 Å². The van der Waals surface area contributed by atoms with E-state index in [1.165, 1.54) is 5.56 Å². The lowest BCUT2D eigenvalue weighted by Gasteiger charge is -2.09. The molecule has 0 amide bonds. The number of aromatic nitrogens is 2. The van der Waals surface area contributed by atoms with Gasteiger partial charge in [0.25, 0.3) is 0 Å². The van der Waals surface area contributed by atoms with Crippen LogP contribution in [0.3, 0.4) is 0 Å². The molecular formula is C16H23N3. The minimum Gasteiger partial charge on any atom is -0.383 e. The molecule has 0 unspecified atom stereocenters. The van der Waals surface area contributed by atoms with Crippen molar-refractivity contribution in [1.82, 2.24) is 9.55 Å². The third-order valence-electron chi connectivity index (χ3n) is 3.26. The van der Waals surface area contributed by atoms with E-state index < -0.39 is 0 Å². The zero-order valence-electron chi connectivity index (χ0n) is 12.2.